The first-order valence-electron chi connectivity index (χ1n) is 6.03. The fraction of sp³-hybridized carbons (Fsp3) is 0.571. The quantitative estimate of drug-likeness (QED) is 0.749. The summed E-state index contributed by atoms with van der Waals surface area (Å²) in [5.41, 5.74) is 9.63. The van der Waals surface area contributed by atoms with Crippen molar-refractivity contribution in [2.45, 2.75) is 39.5 Å². The molecule has 0 heterocycles. The Hall–Kier alpha value is -1.02. The Morgan fingerprint density at radius 3 is 2.19 bits per heavy atom. The predicted octanol–water partition coefficient (Wildman–Crippen LogP) is 2.98. The van der Waals surface area contributed by atoms with Gasteiger partial charge in [0, 0.05) is 0 Å². The molecule has 1 aromatic carbocycles. The van der Waals surface area contributed by atoms with Gasteiger partial charge in [0.2, 0.25) is 0 Å². The van der Waals surface area contributed by atoms with Crippen molar-refractivity contribution >= 4 is 0 Å². The number of unbranched alkanes of at least 4 members (excludes halogenated alkanes) is 2. The average Bonchev–Trinajstić information content (AvgIpc) is 2.26. The summed E-state index contributed by atoms with van der Waals surface area (Å²) in [6.45, 7) is 5.13. The van der Waals surface area contributed by atoms with Crippen LogP contribution in [0.3, 0.4) is 0 Å². The van der Waals surface area contributed by atoms with Crippen molar-refractivity contribution < 1.29 is 4.74 Å². The highest BCUT2D eigenvalue weighted by atomic mass is 16.5. The molecule has 2 nitrogen and oxygen atoms in total. The molecular weight excluding hydrogens is 198 g/mol. The van der Waals surface area contributed by atoms with E-state index in [0.29, 0.717) is 0 Å². The third-order valence-electron chi connectivity index (χ3n) is 3.04. The molecule has 0 saturated carbocycles. The molecule has 0 atom stereocenters. The standard InChI is InChI=1S/C14H23NO/c1-11-9-13(16-3)10-12(2)14(11)7-5-4-6-8-15/h9-10H,4-8,15H2,1-3H3. The van der Waals surface area contributed by atoms with E-state index in [-0.39, 0.29) is 0 Å². The number of ether oxygens (including phenoxy) is 1. The molecule has 1 rings (SSSR count). The van der Waals surface area contributed by atoms with E-state index in [1.165, 1.54) is 29.5 Å². The summed E-state index contributed by atoms with van der Waals surface area (Å²) >= 11 is 0. The first kappa shape index (κ1) is 13.0. The summed E-state index contributed by atoms with van der Waals surface area (Å²) in [5, 5.41) is 0. The molecule has 16 heavy (non-hydrogen) atoms. The third-order valence-corrected chi connectivity index (χ3v) is 3.04. The maximum Gasteiger partial charge on any atom is 0.119 e. The third kappa shape index (κ3) is 3.53. The maximum atomic E-state index is 5.49. The van der Waals surface area contributed by atoms with Crippen LogP contribution < -0.4 is 10.5 Å². The first-order valence-corrected chi connectivity index (χ1v) is 6.03. The van der Waals surface area contributed by atoms with E-state index in [1.54, 1.807) is 7.11 Å². The van der Waals surface area contributed by atoms with Gasteiger partial charge in [-0.25, -0.2) is 0 Å². The second-order valence-corrected chi connectivity index (χ2v) is 4.34. The summed E-state index contributed by atoms with van der Waals surface area (Å²) in [7, 11) is 1.72. The van der Waals surface area contributed by atoms with Gasteiger partial charge in [0.25, 0.3) is 0 Å². The largest absolute Gasteiger partial charge is 0.497 e. The van der Waals surface area contributed by atoms with Crippen LogP contribution in [0.5, 0.6) is 5.75 Å². The van der Waals surface area contributed by atoms with Crippen molar-refractivity contribution in [3.05, 3.63) is 28.8 Å². The summed E-state index contributed by atoms with van der Waals surface area (Å²) in [5.74, 6) is 0.959. The van der Waals surface area contributed by atoms with E-state index < -0.39 is 0 Å². The van der Waals surface area contributed by atoms with Crippen LogP contribution in [-0.2, 0) is 6.42 Å². The number of hydrogen-bond acceptors (Lipinski definition) is 2. The number of nitrogens with two attached hydrogens (primary N) is 1. The highest BCUT2D eigenvalue weighted by Crippen LogP contribution is 2.23. The number of aryl methyl sites for hydroxylation is 2. The number of benzene rings is 1. The van der Waals surface area contributed by atoms with Gasteiger partial charge in [-0.05, 0) is 68.5 Å². The zero-order chi connectivity index (χ0) is 12.0. The summed E-state index contributed by atoms with van der Waals surface area (Å²) in [4.78, 5) is 0. The molecule has 0 aromatic heterocycles. The van der Waals surface area contributed by atoms with E-state index >= 15 is 0 Å². The van der Waals surface area contributed by atoms with Crippen molar-refractivity contribution in [3.63, 3.8) is 0 Å². The zero-order valence-electron chi connectivity index (χ0n) is 10.7. The van der Waals surface area contributed by atoms with Gasteiger partial charge in [-0.1, -0.05) is 6.42 Å². The minimum atomic E-state index is 0.806. The zero-order valence-corrected chi connectivity index (χ0v) is 10.7. The van der Waals surface area contributed by atoms with Crippen molar-refractivity contribution in [2.75, 3.05) is 13.7 Å². The van der Waals surface area contributed by atoms with E-state index in [9.17, 15) is 0 Å². The maximum absolute atomic E-state index is 5.49. The molecule has 0 amide bonds. The molecular formula is C14H23NO. The van der Waals surface area contributed by atoms with Gasteiger partial charge in [0.05, 0.1) is 7.11 Å². The molecule has 1 aromatic rings. The normalized spacial score (nSPS) is 10.5. The van der Waals surface area contributed by atoms with Crippen LogP contribution in [0.25, 0.3) is 0 Å². The van der Waals surface area contributed by atoms with Crippen LogP contribution in [0, 0.1) is 13.8 Å². The Labute approximate surface area is 98.8 Å². The highest BCUT2D eigenvalue weighted by Gasteiger charge is 2.05. The van der Waals surface area contributed by atoms with Crippen molar-refractivity contribution in [1.29, 1.82) is 0 Å². The molecule has 0 aliphatic carbocycles. The van der Waals surface area contributed by atoms with E-state index in [0.717, 1.165) is 25.1 Å². The van der Waals surface area contributed by atoms with E-state index in [1.807, 2.05) is 0 Å². The van der Waals surface area contributed by atoms with Crippen LogP contribution in [0.1, 0.15) is 36.0 Å². The van der Waals surface area contributed by atoms with Gasteiger partial charge in [-0.2, -0.15) is 0 Å². The van der Waals surface area contributed by atoms with Crippen molar-refractivity contribution in [3.8, 4) is 5.75 Å². The minimum Gasteiger partial charge on any atom is -0.497 e. The average molecular weight is 221 g/mol. The molecule has 0 radical (unpaired) electrons. The lowest BCUT2D eigenvalue weighted by atomic mass is 9.97. The molecule has 0 unspecified atom stereocenters. The van der Waals surface area contributed by atoms with Crippen LogP contribution in [0.4, 0.5) is 0 Å². The van der Waals surface area contributed by atoms with Crippen molar-refractivity contribution in [2.24, 2.45) is 5.73 Å². The van der Waals surface area contributed by atoms with Gasteiger partial charge in [-0.15, -0.1) is 0 Å². The SMILES string of the molecule is COc1cc(C)c(CCCCCN)c(C)c1. The smallest absolute Gasteiger partial charge is 0.119 e. The molecule has 2 N–H and O–H groups in total. The van der Waals surface area contributed by atoms with Gasteiger partial charge in [0.1, 0.15) is 5.75 Å². The van der Waals surface area contributed by atoms with Gasteiger partial charge in [-0.3, -0.25) is 0 Å². The fourth-order valence-electron chi connectivity index (χ4n) is 2.09. The second-order valence-electron chi connectivity index (χ2n) is 4.34. The van der Waals surface area contributed by atoms with Gasteiger partial charge < -0.3 is 10.5 Å². The summed E-state index contributed by atoms with van der Waals surface area (Å²) < 4.78 is 5.26. The topological polar surface area (TPSA) is 35.2 Å². The summed E-state index contributed by atoms with van der Waals surface area (Å²) in [6.07, 6.45) is 4.74. The Morgan fingerprint density at radius 1 is 1.06 bits per heavy atom. The Kier molecular flexibility index (Phi) is 5.33. The monoisotopic (exact) mass is 221 g/mol. The molecule has 0 saturated heterocycles. The molecule has 0 aliphatic heterocycles. The first-order chi connectivity index (χ1) is 7.69. The van der Waals surface area contributed by atoms with Crippen LogP contribution in [-0.4, -0.2) is 13.7 Å². The molecule has 0 fully saturated rings. The summed E-state index contributed by atoms with van der Waals surface area (Å²) in [6, 6.07) is 4.23. The number of hydrogen-bond donors (Lipinski definition) is 1. The Balaban J connectivity index is 2.65. The van der Waals surface area contributed by atoms with Crippen LogP contribution in [0.2, 0.25) is 0 Å². The van der Waals surface area contributed by atoms with Gasteiger partial charge >= 0.3 is 0 Å². The highest BCUT2D eigenvalue weighted by molar-refractivity contribution is 5.41. The number of rotatable bonds is 6. The van der Waals surface area contributed by atoms with E-state index in [4.69, 9.17) is 10.5 Å². The fourth-order valence-corrected chi connectivity index (χ4v) is 2.09. The lowest BCUT2D eigenvalue weighted by Crippen LogP contribution is -2.00. The Morgan fingerprint density at radius 2 is 1.69 bits per heavy atom. The lowest BCUT2D eigenvalue weighted by molar-refractivity contribution is 0.414. The minimum absolute atomic E-state index is 0.806. The molecule has 0 bridgehead atoms. The molecule has 90 valence electrons. The molecule has 0 spiro atoms. The second kappa shape index (κ2) is 6.54. The van der Waals surface area contributed by atoms with Gasteiger partial charge in [0.15, 0.2) is 0 Å². The van der Waals surface area contributed by atoms with E-state index in [2.05, 4.69) is 26.0 Å². The number of methoxy groups -OCH3 is 1. The lowest BCUT2D eigenvalue weighted by Gasteiger charge is -2.12. The van der Waals surface area contributed by atoms with Crippen molar-refractivity contribution in [1.82, 2.24) is 0 Å². The Bertz CT molecular complexity index is 311. The van der Waals surface area contributed by atoms with Crippen LogP contribution >= 0.6 is 0 Å². The van der Waals surface area contributed by atoms with Crippen LogP contribution in [0.15, 0.2) is 12.1 Å². The molecule has 0 aliphatic rings. The predicted molar refractivity (Wildman–Crippen MR) is 69.1 cm³/mol. The molecule has 2 heteroatoms.